The van der Waals surface area contributed by atoms with Gasteiger partial charge in [-0.1, -0.05) is 34.5 Å². The molecule has 1 heterocycles. The van der Waals surface area contributed by atoms with Crippen molar-refractivity contribution in [2.75, 3.05) is 6.54 Å². The van der Waals surface area contributed by atoms with Gasteiger partial charge in [-0.3, -0.25) is 9.97 Å². The van der Waals surface area contributed by atoms with Crippen molar-refractivity contribution in [3.63, 3.8) is 0 Å². The van der Waals surface area contributed by atoms with E-state index in [1.54, 1.807) is 18.6 Å². The molecule has 0 bridgehead atoms. The first kappa shape index (κ1) is 14.4. The molecule has 5 heteroatoms. The van der Waals surface area contributed by atoms with Crippen LogP contribution in [0.15, 0.2) is 41.3 Å². The molecular weight excluding hydrogens is 326 g/mol. The van der Waals surface area contributed by atoms with E-state index in [1.807, 2.05) is 18.2 Å². The molecule has 0 aliphatic rings. The highest BCUT2D eigenvalue weighted by molar-refractivity contribution is 9.10. The SMILES string of the molecule is CCCNC(c1cc(Cl)cc(Br)c1)c1cnccn1. The maximum atomic E-state index is 6.12. The molecular formula is C14H15BrClN3. The molecule has 0 saturated heterocycles. The molecule has 1 unspecified atom stereocenters. The Balaban J connectivity index is 2.36. The Morgan fingerprint density at radius 3 is 2.79 bits per heavy atom. The molecule has 19 heavy (non-hydrogen) atoms. The molecule has 100 valence electrons. The minimum atomic E-state index is 0.00338. The lowest BCUT2D eigenvalue weighted by atomic mass is 10.0. The van der Waals surface area contributed by atoms with Crippen LogP contribution in [-0.4, -0.2) is 16.5 Å². The molecule has 0 saturated carbocycles. The summed E-state index contributed by atoms with van der Waals surface area (Å²) in [5.41, 5.74) is 1.97. The molecule has 0 spiro atoms. The van der Waals surface area contributed by atoms with Crippen LogP contribution in [0.1, 0.15) is 30.6 Å². The van der Waals surface area contributed by atoms with Crippen molar-refractivity contribution in [2.24, 2.45) is 0 Å². The van der Waals surface area contributed by atoms with Crippen LogP contribution in [0, 0.1) is 0 Å². The maximum Gasteiger partial charge on any atom is 0.0801 e. The molecule has 1 N–H and O–H groups in total. The summed E-state index contributed by atoms with van der Waals surface area (Å²) in [5.74, 6) is 0. The van der Waals surface area contributed by atoms with Crippen molar-refractivity contribution in [2.45, 2.75) is 19.4 Å². The predicted octanol–water partition coefficient (Wildman–Crippen LogP) is 3.98. The molecule has 2 rings (SSSR count). The van der Waals surface area contributed by atoms with Gasteiger partial charge in [-0.2, -0.15) is 0 Å². The zero-order valence-corrected chi connectivity index (χ0v) is 12.9. The van der Waals surface area contributed by atoms with Crippen molar-refractivity contribution < 1.29 is 0 Å². The van der Waals surface area contributed by atoms with Crippen molar-refractivity contribution >= 4 is 27.5 Å². The van der Waals surface area contributed by atoms with E-state index in [0.29, 0.717) is 5.02 Å². The van der Waals surface area contributed by atoms with Crippen LogP contribution in [0.3, 0.4) is 0 Å². The van der Waals surface area contributed by atoms with Crippen molar-refractivity contribution in [3.8, 4) is 0 Å². The third-order valence-corrected chi connectivity index (χ3v) is 3.37. The molecule has 1 aromatic heterocycles. The van der Waals surface area contributed by atoms with Crippen molar-refractivity contribution in [1.82, 2.24) is 15.3 Å². The first-order valence-electron chi connectivity index (χ1n) is 6.16. The zero-order valence-electron chi connectivity index (χ0n) is 10.6. The number of halogens is 2. The van der Waals surface area contributed by atoms with E-state index in [2.05, 4.69) is 38.1 Å². The van der Waals surface area contributed by atoms with E-state index in [1.165, 1.54) is 0 Å². The summed E-state index contributed by atoms with van der Waals surface area (Å²) in [6.45, 7) is 3.04. The van der Waals surface area contributed by atoms with Crippen LogP contribution in [0.5, 0.6) is 0 Å². The van der Waals surface area contributed by atoms with Crippen molar-refractivity contribution in [1.29, 1.82) is 0 Å². The third kappa shape index (κ3) is 4.00. The summed E-state index contributed by atoms with van der Waals surface area (Å²) in [7, 11) is 0. The van der Waals surface area contributed by atoms with E-state index in [-0.39, 0.29) is 6.04 Å². The summed E-state index contributed by atoms with van der Waals surface area (Å²) >= 11 is 9.60. The first-order valence-corrected chi connectivity index (χ1v) is 7.33. The second-order valence-corrected chi connectivity index (χ2v) is 5.57. The van der Waals surface area contributed by atoms with Crippen LogP contribution in [0.2, 0.25) is 5.02 Å². The summed E-state index contributed by atoms with van der Waals surface area (Å²) in [6, 6.07) is 5.88. The van der Waals surface area contributed by atoms with E-state index in [0.717, 1.165) is 28.7 Å². The highest BCUT2D eigenvalue weighted by Crippen LogP contribution is 2.26. The quantitative estimate of drug-likeness (QED) is 0.894. The summed E-state index contributed by atoms with van der Waals surface area (Å²) in [6.07, 6.45) is 6.21. The molecule has 0 fully saturated rings. The van der Waals surface area contributed by atoms with Gasteiger partial charge in [-0.05, 0) is 36.7 Å². The molecule has 3 nitrogen and oxygen atoms in total. The summed E-state index contributed by atoms with van der Waals surface area (Å²) in [5, 5.41) is 4.18. The number of benzene rings is 1. The van der Waals surface area contributed by atoms with Gasteiger partial charge in [0.25, 0.3) is 0 Å². The maximum absolute atomic E-state index is 6.12. The predicted molar refractivity (Wildman–Crippen MR) is 81.3 cm³/mol. The molecule has 2 aromatic rings. The van der Waals surface area contributed by atoms with E-state index in [9.17, 15) is 0 Å². The molecule has 0 aliphatic heterocycles. The largest absolute Gasteiger partial charge is 0.305 e. The van der Waals surface area contributed by atoms with Crippen LogP contribution in [0.4, 0.5) is 0 Å². The lowest BCUT2D eigenvalue weighted by Crippen LogP contribution is -2.24. The Hall–Kier alpha value is -0.970. The van der Waals surface area contributed by atoms with Gasteiger partial charge in [0.2, 0.25) is 0 Å². The fraction of sp³-hybridized carbons (Fsp3) is 0.286. The number of rotatable bonds is 5. The highest BCUT2D eigenvalue weighted by atomic mass is 79.9. The second kappa shape index (κ2) is 6.98. The first-order chi connectivity index (χ1) is 9.20. The molecule has 0 amide bonds. The smallest absolute Gasteiger partial charge is 0.0801 e. The average molecular weight is 341 g/mol. The van der Waals surface area contributed by atoms with Gasteiger partial charge in [0, 0.05) is 21.9 Å². The van der Waals surface area contributed by atoms with Crippen LogP contribution < -0.4 is 5.32 Å². The minimum absolute atomic E-state index is 0.00338. The molecule has 0 radical (unpaired) electrons. The van der Waals surface area contributed by atoms with Gasteiger partial charge in [-0.15, -0.1) is 0 Å². The monoisotopic (exact) mass is 339 g/mol. The third-order valence-electron chi connectivity index (χ3n) is 2.70. The standard InChI is InChI=1S/C14H15BrClN3/c1-2-3-19-14(13-9-17-4-5-18-13)10-6-11(15)8-12(16)7-10/h4-9,14,19H,2-3H2,1H3. The number of nitrogens with one attached hydrogen (secondary N) is 1. The lowest BCUT2D eigenvalue weighted by Gasteiger charge is -2.18. The lowest BCUT2D eigenvalue weighted by molar-refractivity contribution is 0.584. The van der Waals surface area contributed by atoms with Crippen LogP contribution in [-0.2, 0) is 0 Å². The van der Waals surface area contributed by atoms with Crippen molar-refractivity contribution in [3.05, 3.63) is 57.5 Å². The highest BCUT2D eigenvalue weighted by Gasteiger charge is 2.15. The zero-order chi connectivity index (χ0) is 13.7. The Labute approximate surface area is 126 Å². The minimum Gasteiger partial charge on any atom is -0.305 e. The Bertz CT molecular complexity index is 513. The molecule has 1 aromatic carbocycles. The average Bonchev–Trinajstić information content (AvgIpc) is 2.39. The number of nitrogens with zero attached hydrogens (tertiary/aromatic N) is 2. The van der Waals surface area contributed by atoms with E-state index < -0.39 is 0 Å². The molecule has 1 atom stereocenters. The molecule has 0 aliphatic carbocycles. The van der Waals surface area contributed by atoms with Gasteiger partial charge in [0.15, 0.2) is 0 Å². The summed E-state index contributed by atoms with van der Waals surface area (Å²) in [4.78, 5) is 8.52. The van der Waals surface area contributed by atoms with E-state index in [4.69, 9.17) is 11.6 Å². The Morgan fingerprint density at radius 1 is 1.32 bits per heavy atom. The fourth-order valence-corrected chi connectivity index (χ4v) is 2.77. The fourth-order valence-electron chi connectivity index (χ4n) is 1.88. The second-order valence-electron chi connectivity index (χ2n) is 4.22. The van der Waals surface area contributed by atoms with Gasteiger partial charge in [0.05, 0.1) is 17.9 Å². The van der Waals surface area contributed by atoms with Gasteiger partial charge in [-0.25, -0.2) is 0 Å². The van der Waals surface area contributed by atoms with Gasteiger partial charge < -0.3 is 5.32 Å². The van der Waals surface area contributed by atoms with Crippen LogP contribution in [0.25, 0.3) is 0 Å². The summed E-state index contributed by atoms with van der Waals surface area (Å²) < 4.78 is 0.960. The topological polar surface area (TPSA) is 37.8 Å². The number of hydrogen-bond acceptors (Lipinski definition) is 3. The normalized spacial score (nSPS) is 12.4. The Kier molecular flexibility index (Phi) is 5.31. The number of hydrogen-bond donors (Lipinski definition) is 1. The van der Waals surface area contributed by atoms with Gasteiger partial charge in [0.1, 0.15) is 0 Å². The van der Waals surface area contributed by atoms with Crippen LogP contribution >= 0.6 is 27.5 Å². The number of aromatic nitrogens is 2. The van der Waals surface area contributed by atoms with E-state index >= 15 is 0 Å². The van der Waals surface area contributed by atoms with Gasteiger partial charge >= 0.3 is 0 Å². The Morgan fingerprint density at radius 2 is 2.16 bits per heavy atom.